The van der Waals surface area contributed by atoms with Crippen molar-refractivity contribution >= 4 is 23.1 Å². The van der Waals surface area contributed by atoms with Gasteiger partial charge >= 0.3 is 5.69 Å². The van der Waals surface area contributed by atoms with Gasteiger partial charge in [-0.15, -0.1) is 0 Å². The summed E-state index contributed by atoms with van der Waals surface area (Å²) in [5.74, 6) is 1.02. The Balaban J connectivity index is 1.95. The molecule has 1 atom stereocenters. The van der Waals surface area contributed by atoms with Gasteiger partial charge in [-0.2, -0.15) is 0 Å². The molecule has 0 N–H and O–H groups in total. The number of halogens is 1. The topological polar surface area (TPSA) is 72.2 Å². The Kier molecular flexibility index (Phi) is 3.74. The summed E-state index contributed by atoms with van der Waals surface area (Å²) >= 11 is 5.89. The standard InChI is InChI=1S/C13H17ClN4O2/c14-12-11(18(19)20)13(16-8-15-12)17-7-3-6-10(17)9-4-1-2-5-9/h8-10H,1-7H2. The van der Waals surface area contributed by atoms with Gasteiger partial charge in [-0.25, -0.2) is 9.97 Å². The molecule has 3 rings (SSSR count). The minimum atomic E-state index is -0.471. The van der Waals surface area contributed by atoms with Crippen LogP contribution >= 0.6 is 11.6 Å². The number of aromatic nitrogens is 2. The molecule has 6 nitrogen and oxygen atoms in total. The highest BCUT2D eigenvalue weighted by Crippen LogP contribution is 2.41. The van der Waals surface area contributed by atoms with E-state index in [1.165, 1.54) is 32.0 Å². The van der Waals surface area contributed by atoms with Crippen LogP contribution in [0.25, 0.3) is 0 Å². The molecule has 1 aliphatic heterocycles. The second-order valence-electron chi connectivity index (χ2n) is 5.54. The van der Waals surface area contributed by atoms with Gasteiger partial charge in [0.05, 0.1) is 4.92 Å². The van der Waals surface area contributed by atoms with Gasteiger partial charge < -0.3 is 4.90 Å². The first-order chi connectivity index (χ1) is 9.68. The molecule has 2 heterocycles. The smallest absolute Gasteiger partial charge is 0.347 e. The van der Waals surface area contributed by atoms with Gasteiger partial charge in [0.1, 0.15) is 6.33 Å². The number of rotatable bonds is 3. The Morgan fingerprint density at radius 3 is 2.70 bits per heavy atom. The minimum Gasteiger partial charge on any atom is -0.347 e. The summed E-state index contributed by atoms with van der Waals surface area (Å²) in [4.78, 5) is 20.8. The first kappa shape index (κ1) is 13.5. The maximum absolute atomic E-state index is 11.2. The van der Waals surface area contributed by atoms with E-state index in [2.05, 4.69) is 14.9 Å². The number of nitro groups is 1. The van der Waals surface area contributed by atoms with Crippen LogP contribution in [0, 0.1) is 16.0 Å². The summed E-state index contributed by atoms with van der Waals surface area (Å²) < 4.78 is 0. The SMILES string of the molecule is O=[N+]([O-])c1c(Cl)ncnc1N1CCCC1C1CCCC1. The monoisotopic (exact) mass is 296 g/mol. The third-order valence-electron chi connectivity index (χ3n) is 4.46. The van der Waals surface area contributed by atoms with E-state index in [-0.39, 0.29) is 10.8 Å². The Hall–Kier alpha value is -1.43. The third-order valence-corrected chi connectivity index (χ3v) is 4.73. The van der Waals surface area contributed by atoms with E-state index < -0.39 is 4.92 Å². The fraction of sp³-hybridized carbons (Fsp3) is 0.692. The van der Waals surface area contributed by atoms with Gasteiger partial charge in [0.15, 0.2) is 0 Å². The third kappa shape index (κ3) is 2.32. The second kappa shape index (κ2) is 5.52. The molecule has 0 bridgehead atoms. The lowest BCUT2D eigenvalue weighted by Gasteiger charge is -2.29. The zero-order valence-corrected chi connectivity index (χ0v) is 11.9. The average Bonchev–Trinajstić information content (AvgIpc) is 3.08. The van der Waals surface area contributed by atoms with E-state index in [9.17, 15) is 10.1 Å². The van der Waals surface area contributed by atoms with E-state index in [0.29, 0.717) is 17.8 Å². The molecular formula is C13H17ClN4O2. The predicted octanol–water partition coefficient (Wildman–Crippen LogP) is 3.20. The number of nitrogens with zero attached hydrogens (tertiary/aromatic N) is 4. The van der Waals surface area contributed by atoms with Crippen LogP contribution < -0.4 is 4.90 Å². The van der Waals surface area contributed by atoms with Crippen LogP contribution in [0.15, 0.2) is 6.33 Å². The summed E-state index contributed by atoms with van der Waals surface area (Å²) in [7, 11) is 0. The van der Waals surface area contributed by atoms with Crippen molar-refractivity contribution in [2.45, 2.75) is 44.6 Å². The second-order valence-corrected chi connectivity index (χ2v) is 5.90. The summed E-state index contributed by atoms with van der Waals surface area (Å²) in [6, 6.07) is 0.363. The van der Waals surface area contributed by atoms with Crippen LogP contribution in [0.1, 0.15) is 38.5 Å². The first-order valence-corrected chi connectivity index (χ1v) is 7.48. The highest BCUT2D eigenvalue weighted by Gasteiger charge is 2.37. The van der Waals surface area contributed by atoms with Crippen molar-refractivity contribution in [1.82, 2.24) is 9.97 Å². The zero-order valence-electron chi connectivity index (χ0n) is 11.2. The molecule has 2 aliphatic rings. The molecule has 108 valence electrons. The van der Waals surface area contributed by atoms with Crippen LogP contribution in [0.4, 0.5) is 11.5 Å². The molecule has 0 amide bonds. The van der Waals surface area contributed by atoms with Crippen LogP contribution in [0.5, 0.6) is 0 Å². The van der Waals surface area contributed by atoms with Gasteiger partial charge in [0.2, 0.25) is 11.0 Å². The van der Waals surface area contributed by atoms with Crippen molar-refractivity contribution in [2.75, 3.05) is 11.4 Å². The Bertz CT molecular complexity index is 519. The lowest BCUT2D eigenvalue weighted by Crippen LogP contribution is -2.35. The highest BCUT2D eigenvalue weighted by atomic mass is 35.5. The van der Waals surface area contributed by atoms with E-state index in [4.69, 9.17) is 11.6 Å². The summed E-state index contributed by atoms with van der Waals surface area (Å²) in [6.45, 7) is 0.815. The number of anilines is 1. The number of hydrogen-bond acceptors (Lipinski definition) is 5. The van der Waals surface area contributed by atoms with Crippen molar-refractivity contribution in [1.29, 1.82) is 0 Å². The van der Waals surface area contributed by atoms with E-state index in [1.807, 2.05) is 0 Å². The van der Waals surface area contributed by atoms with Gasteiger partial charge in [0, 0.05) is 12.6 Å². The molecule has 1 aliphatic carbocycles. The Morgan fingerprint density at radius 2 is 2.00 bits per heavy atom. The number of hydrogen-bond donors (Lipinski definition) is 0. The Morgan fingerprint density at radius 1 is 1.25 bits per heavy atom. The predicted molar refractivity (Wildman–Crippen MR) is 76.0 cm³/mol. The van der Waals surface area contributed by atoms with Gasteiger partial charge in [-0.1, -0.05) is 24.4 Å². The van der Waals surface area contributed by atoms with Gasteiger partial charge in [0.25, 0.3) is 0 Å². The van der Waals surface area contributed by atoms with Gasteiger partial charge in [-0.05, 0) is 31.6 Å². The van der Waals surface area contributed by atoms with E-state index >= 15 is 0 Å². The molecule has 1 aromatic rings. The molecule has 0 radical (unpaired) electrons. The summed E-state index contributed by atoms with van der Waals surface area (Å²) in [6.07, 6.45) is 8.42. The molecular weight excluding hydrogens is 280 g/mol. The van der Waals surface area contributed by atoms with Crippen molar-refractivity contribution in [3.05, 3.63) is 21.6 Å². The largest absolute Gasteiger partial charge is 0.348 e. The van der Waals surface area contributed by atoms with Crippen LogP contribution in [0.2, 0.25) is 5.15 Å². The molecule has 7 heteroatoms. The fourth-order valence-electron chi connectivity index (χ4n) is 3.60. The minimum absolute atomic E-state index is 0.0722. The van der Waals surface area contributed by atoms with Crippen molar-refractivity contribution in [2.24, 2.45) is 5.92 Å². The normalized spacial score (nSPS) is 23.4. The molecule has 1 saturated heterocycles. The summed E-state index contributed by atoms with van der Waals surface area (Å²) in [5.41, 5.74) is -0.154. The molecule has 0 aromatic carbocycles. The fourth-order valence-corrected chi connectivity index (χ4v) is 3.80. The van der Waals surface area contributed by atoms with Crippen LogP contribution in [-0.2, 0) is 0 Å². The van der Waals surface area contributed by atoms with Crippen LogP contribution in [0.3, 0.4) is 0 Å². The van der Waals surface area contributed by atoms with Crippen molar-refractivity contribution in [3.63, 3.8) is 0 Å². The lowest BCUT2D eigenvalue weighted by molar-refractivity contribution is -0.384. The van der Waals surface area contributed by atoms with E-state index in [1.54, 1.807) is 0 Å². The van der Waals surface area contributed by atoms with Crippen LogP contribution in [-0.4, -0.2) is 27.5 Å². The quantitative estimate of drug-likeness (QED) is 0.486. The highest BCUT2D eigenvalue weighted by molar-refractivity contribution is 6.31. The molecule has 1 saturated carbocycles. The van der Waals surface area contributed by atoms with Gasteiger partial charge in [-0.3, -0.25) is 10.1 Å². The molecule has 1 aromatic heterocycles. The molecule has 2 fully saturated rings. The van der Waals surface area contributed by atoms with E-state index in [0.717, 1.165) is 19.4 Å². The molecule has 1 unspecified atom stereocenters. The first-order valence-electron chi connectivity index (χ1n) is 7.10. The average molecular weight is 297 g/mol. The lowest BCUT2D eigenvalue weighted by atomic mass is 9.96. The Labute approximate surface area is 122 Å². The zero-order chi connectivity index (χ0) is 14.1. The van der Waals surface area contributed by atoms with Crippen molar-refractivity contribution in [3.8, 4) is 0 Å². The maximum Gasteiger partial charge on any atom is 0.348 e. The summed E-state index contributed by atoms with van der Waals surface area (Å²) in [5, 5.41) is 11.2. The maximum atomic E-state index is 11.2. The molecule has 20 heavy (non-hydrogen) atoms. The van der Waals surface area contributed by atoms with Crippen molar-refractivity contribution < 1.29 is 4.92 Å². The molecule has 0 spiro atoms.